The van der Waals surface area contributed by atoms with Gasteiger partial charge in [0.25, 0.3) is 0 Å². The van der Waals surface area contributed by atoms with Crippen molar-refractivity contribution in [3.05, 3.63) is 41.0 Å². The molecule has 1 aliphatic rings. The van der Waals surface area contributed by atoms with Crippen molar-refractivity contribution in [1.82, 2.24) is 0 Å². The largest absolute Gasteiger partial charge is 0.466 e. The van der Waals surface area contributed by atoms with Crippen LogP contribution in [0.25, 0.3) is 6.08 Å². The summed E-state index contributed by atoms with van der Waals surface area (Å²) in [6.07, 6.45) is 3.82. The van der Waals surface area contributed by atoms with Crippen molar-refractivity contribution in [3.63, 3.8) is 0 Å². The number of hydrogen-bond acceptors (Lipinski definition) is 4. The van der Waals surface area contributed by atoms with Crippen molar-refractivity contribution in [3.8, 4) is 0 Å². The Morgan fingerprint density at radius 1 is 1.42 bits per heavy atom. The highest BCUT2D eigenvalue weighted by atomic mass is 19.2. The van der Waals surface area contributed by atoms with Gasteiger partial charge in [0.2, 0.25) is 0 Å². The highest BCUT2D eigenvalue weighted by molar-refractivity contribution is 5.69. The third-order valence-corrected chi connectivity index (χ3v) is 3.62. The Morgan fingerprint density at radius 3 is 2.79 bits per heavy atom. The van der Waals surface area contributed by atoms with Gasteiger partial charge < -0.3 is 14.2 Å². The van der Waals surface area contributed by atoms with Crippen LogP contribution < -0.4 is 0 Å². The van der Waals surface area contributed by atoms with Crippen molar-refractivity contribution >= 4 is 12.0 Å². The number of hydrogen-bond donors (Lipinski definition) is 0. The van der Waals surface area contributed by atoms with E-state index in [9.17, 15) is 13.6 Å². The number of carbonyl (C=O) groups is 1. The predicted octanol–water partition coefficient (Wildman–Crippen LogP) is 3.80. The van der Waals surface area contributed by atoms with Crippen LogP contribution in [-0.2, 0) is 19.0 Å². The maximum atomic E-state index is 13.6. The molecular weight excluding hydrogens is 318 g/mol. The van der Waals surface area contributed by atoms with Gasteiger partial charge in [-0.3, -0.25) is 4.79 Å². The van der Waals surface area contributed by atoms with E-state index in [-0.39, 0.29) is 18.5 Å². The van der Waals surface area contributed by atoms with Gasteiger partial charge >= 0.3 is 5.97 Å². The first-order valence-electron chi connectivity index (χ1n) is 8.05. The number of epoxide rings is 1. The molecular formula is C18H22F2O4. The zero-order chi connectivity index (χ0) is 17.5. The van der Waals surface area contributed by atoms with Crippen molar-refractivity contribution in [2.45, 2.75) is 38.9 Å². The summed E-state index contributed by atoms with van der Waals surface area (Å²) < 4.78 is 42.7. The molecule has 0 bridgehead atoms. The topological polar surface area (TPSA) is 48.1 Å². The molecule has 24 heavy (non-hydrogen) atoms. The fourth-order valence-corrected chi connectivity index (χ4v) is 2.22. The summed E-state index contributed by atoms with van der Waals surface area (Å²) in [5, 5.41) is 0. The lowest BCUT2D eigenvalue weighted by atomic mass is 10.0. The van der Waals surface area contributed by atoms with Crippen LogP contribution in [0.1, 0.15) is 43.9 Å². The number of carbonyl (C=O) groups excluding carboxylic acids is 1. The van der Waals surface area contributed by atoms with E-state index < -0.39 is 17.7 Å². The highest BCUT2D eigenvalue weighted by Gasteiger charge is 2.24. The Kier molecular flexibility index (Phi) is 6.87. The summed E-state index contributed by atoms with van der Waals surface area (Å²) in [7, 11) is 0. The van der Waals surface area contributed by atoms with Crippen molar-refractivity contribution < 1.29 is 27.8 Å². The Balaban J connectivity index is 2.02. The molecule has 0 amide bonds. The molecule has 1 aromatic carbocycles. The van der Waals surface area contributed by atoms with Gasteiger partial charge in [0, 0.05) is 6.42 Å². The molecule has 0 spiro atoms. The summed E-state index contributed by atoms with van der Waals surface area (Å²) in [5.41, 5.74) is 1.09. The molecule has 0 radical (unpaired) electrons. The molecule has 1 aromatic rings. The normalized spacial score (nSPS) is 17.9. The molecule has 2 atom stereocenters. The van der Waals surface area contributed by atoms with Gasteiger partial charge in [-0.1, -0.05) is 12.2 Å². The Hall–Kier alpha value is -1.79. The highest BCUT2D eigenvalue weighted by Crippen LogP contribution is 2.26. The van der Waals surface area contributed by atoms with E-state index in [1.807, 2.05) is 0 Å². The molecule has 1 saturated heterocycles. The maximum absolute atomic E-state index is 13.6. The molecule has 132 valence electrons. The molecule has 0 N–H and O–H groups in total. The first-order chi connectivity index (χ1) is 11.5. The lowest BCUT2D eigenvalue weighted by Gasteiger charge is -2.16. The minimum absolute atomic E-state index is 0.0984. The van der Waals surface area contributed by atoms with Gasteiger partial charge in [-0.2, -0.15) is 0 Å². The van der Waals surface area contributed by atoms with Crippen LogP contribution in [0.5, 0.6) is 0 Å². The number of benzene rings is 1. The molecule has 0 unspecified atom stereocenters. The standard InChI is InChI=1S/C18H22F2O4/c1-3-22-18(21)7-5-4-6-13-8-16(19)17(20)9-15(13)12(2)23-10-14-11-24-14/h4,6,8-9,12,14H,3,5,7,10-11H2,1-2H3/t12-,14+/m1/s1. The van der Waals surface area contributed by atoms with E-state index in [0.717, 1.165) is 12.1 Å². The molecule has 0 aliphatic carbocycles. The minimum atomic E-state index is -0.915. The van der Waals surface area contributed by atoms with Gasteiger partial charge in [-0.15, -0.1) is 0 Å². The average molecular weight is 340 g/mol. The summed E-state index contributed by atoms with van der Waals surface area (Å²) in [4.78, 5) is 11.3. The number of esters is 1. The fourth-order valence-electron chi connectivity index (χ4n) is 2.22. The van der Waals surface area contributed by atoms with Gasteiger partial charge in [0.1, 0.15) is 6.10 Å². The Bertz CT molecular complexity index is 597. The second-order valence-corrected chi connectivity index (χ2v) is 5.57. The van der Waals surface area contributed by atoms with Crippen LogP contribution in [0.3, 0.4) is 0 Å². The van der Waals surface area contributed by atoms with Crippen molar-refractivity contribution in [2.75, 3.05) is 19.8 Å². The minimum Gasteiger partial charge on any atom is -0.466 e. The average Bonchev–Trinajstić information content (AvgIpc) is 3.36. The quantitative estimate of drug-likeness (QED) is 0.507. The van der Waals surface area contributed by atoms with Crippen LogP contribution in [0, 0.1) is 11.6 Å². The number of rotatable bonds is 9. The Labute approximate surface area is 140 Å². The first-order valence-corrected chi connectivity index (χ1v) is 8.05. The van der Waals surface area contributed by atoms with Crippen molar-refractivity contribution in [1.29, 1.82) is 0 Å². The van der Waals surface area contributed by atoms with Gasteiger partial charge in [0.15, 0.2) is 11.6 Å². The second kappa shape index (κ2) is 8.89. The molecule has 1 aliphatic heterocycles. The van der Waals surface area contributed by atoms with Crippen LogP contribution in [-0.4, -0.2) is 31.9 Å². The van der Waals surface area contributed by atoms with E-state index in [1.54, 1.807) is 26.0 Å². The molecule has 0 aromatic heterocycles. The second-order valence-electron chi connectivity index (χ2n) is 5.57. The molecule has 0 saturated carbocycles. The third-order valence-electron chi connectivity index (χ3n) is 3.62. The van der Waals surface area contributed by atoms with E-state index >= 15 is 0 Å². The zero-order valence-corrected chi connectivity index (χ0v) is 13.9. The molecule has 4 nitrogen and oxygen atoms in total. The lowest BCUT2D eigenvalue weighted by molar-refractivity contribution is -0.142. The number of allylic oxidation sites excluding steroid dienone is 1. The SMILES string of the molecule is CCOC(=O)CCC=Cc1cc(F)c(F)cc1[C@@H](C)OC[C@H]1CO1. The molecule has 2 rings (SSSR count). The summed E-state index contributed by atoms with van der Waals surface area (Å²) in [5.74, 6) is -2.11. The van der Waals surface area contributed by atoms with Gasteiger partial charge in [-0.25, -0.2) is 8.78 Å². The number of halogens is 2. The maximum Gasteiger partial charge on any atom is 0.306 e. The van der Waals surface area contributed by atoms with Crippen LogP contribution in [0.2, 0.25) is 0 Å². The molecule has 1 fully saturated rings. The fraction of sp³-hybridized carbons (Fsp3) is 0.500. The van der Waals surface area contributed by atoms with Gasteiger partial charge in [0.05, 0.1) is 25.9 Å². The lowest BCUT2D eigenvalue weighted by Crippen LogP contribution is -2.08. The molecule has 6 heteroatoms. The zero-order valence-electron chi connectivity index (χ0n) is 13.9. The monoisotopic (exact) mass is 340 g/mol. The van der Waals surface area contributed by atoms with Gasteiger partial charge in [-0.05, 0) is 43.5 Å². The molecule has 1 heterocycles. The van der Waals surface area contributed by atoms with Crippen LogP contribution in [0.15, 0.2) is 18.2 Å². The van der Waals surface area contributed by atoms with Crippen LogP contribution in [0.4, 0.5) is 8.78 Å². The van der Waals surface area contributed by atoms with E-state index in [0.29, 0.717) is 37.4 Å². The van der Waals surface area contributed by atoms with E-state index in [2.05, 4.69) is 0 Å². The third kappa shape index (κ3) is 5.69. The first kappa shape index (κ1) is 18.5. The van der Waals surface area contributed by atoms with Crippen LogP contribution >= 0.6 is 0 Å². The van der Waals surface area contributed by atoms with E-state index in [4.69, 9.17) is 14.2 Å². The van der Waals surface area contributed by atoms with Crippen molar-refractivity contribution in [2.24, 2.45) is 0 Å². The number of ether oxygens (including phenoxy) is 3. The Morgan fingerprint density at radius 2 is 2.12 bits per heavy atom. The summed E-state index contributed by atoms with van der Waals surface area (Å²) in [6.45, 7) is 4.97. The smallest absolute Gasteiger partial charge is 0.306 e. The predicted molar refractivity (Wildman–Crippen MR) is 85.4 cm³/mol. The summed E-state index contributed by atoms with van der Waals surface area (Å²) in [6, 6.07) is 2.29. The summed E-state index contributed by atoms with van der Waals surface area (Å²) >= 11 is 0. The van der Waals surface area contributed by atoms with E-state index in [1.165, 1.54) is 0 Å².